The van der Waals surface area contributed by atoms with Crippen LogP contribution in [-0.4, -0.2) is 11.6 Å². The van der Waals surface area contributed by atoms with Crippen LogP contribution in [0, 0.1) is 0 Å². The molecule has 1 rings (SSSR count). The molecular weight excluding hydrogens is 126 g/mol. The summed E-state index contributed by atoms with van der Waals surface area (Å²) in [5.41, 5.74) is 4.18. The predicted molar refractivity (Wildman–Crippen MR) is 40.9 cm³/mol. The van der Waals surface area contributed by atoms with Crippen LogP contribution in [0.5, 0.6) is 5.75 Å². The number of aromatic hydroxyl groups is 1. The summed E-state index contributed by atoms with van der Waals surface area (Å²) in [5, 5.41) is 9.41. The first-order valence-corrected chi connectivity index (χ1v) is 2.51. The normalized spacial score (nSPS) is 24.1. The monoisotopic (exact) mass is 145 g/mol. The van der Waals surface area contributed by atoms with Crippen molar-refractivity contribution in [3.8, 4) is 5.75 Å². The van der Waals surface area contributed by atoms with Crippen LogP contribution < -0.4 is 5.73 Å². The lowest BCUT2D eigenvalue weighted by atomic mass is 10.1. The van der Waals surface area contributed by atoms with Gasteiger partial charge in [0.1, 0.15) is 5.75 Å². The second-order valence-corrected chi connectivity index (χ2v) is 1.49. The van der Waals surface area contributed by atoms with Crippen LogP contribution in [0.4, 0.5) is 0 Å². The number of benzene rings is 1. The van der Waals surface area contributed by atoms with Crippen LogP contribution in [0.1, 0.15) is 16.5 Å². The molecule has 0 aliphatic carbocycles. The van der Waals surface area contributed by atoms with E-state index in [0.29, 0.717) is 0 Å². The van der Waals surface area contributed by atoms with Crippen molar-refractivity contribution in [2.75, 3.05) is 6.50 Å². The molecule has 54 valence electrons. The van der Waals surface area contributed by atoms with E-state index in [2.05, 4.69) is 0 Å². The first-order valence-electron chi connectivity index (χ1n) is 6.51. The topological polar surface area (TPSA) is 46.2 Å². The third-order valence-corrected chi connectivity index (χ3v) is 0.809. The van der Waals surface area contributed by atoms with E-state index < -0.39 is 48.4 Å². The molecule has 2 nitrogen and oxygen atoms in total. The average molecular weight is 145 g/mol. The summed E-state index contributed by atoms with van der Waals surface area (Å²) < 4.78 is 59.0. The van der Waals surface area contributed by atoms with Gasteiger partial charge >= 0.3 is 0 Å². The second-order valence-electron chi connectivity index (χ2n) is 1.49. The van der Waals surface area contributed by atoms with E-state index in [1.165, 1.54) is 0 Å². The zero-order chi connectivity index (χ0) is 14.5. The van der Waals surface area contributed by atoms with Crippen LogP contribution in [0.25, 0.3) is 0 Å². The molecule has 0 spiro atoms. The molecule has 0 saturated carbocycles. The number of hydrogen-bond donors (Lipinski definition) is 2. The molecule has 0 unspecified atom stereocenters. The quantitative estimate of drug-likeness (QED) is 0.649. The van der Waals surface area contributed by atoms with Gasteiger partial charge in [-0.15, -0.1) is 0 Å². The zero-order valence-corrected chi connectivity index (χ0v) is 5.02. The van der Waals surface area contributed by atoms with Crippen LogP contribution in [-0.2, 0) is 6.37 Å². The molecule has 3 N–H and O–H groups in total. The molecule has 0 saturated heterocycles. The summed E-state index contributed by atoms with van der Waals surface area (Å²) in [6.45, 7) is -2.90. The molecule has 0 fully saturated rings. The number of hydrogen-bond acceptors (Lipinski definition) is 2. The minimum Gasteiger partial charge on any atom is -0.508 e. The van der Waals surface area contributed by atoms with E-state index in [9.17, 15) is 5.11 Å². The van der Waals surface area contributed by atoms with E-state index in [4.69, 9.17) is 16.7 Å². The van der Waals surface area contributed by atoms with Gasteiger partial charge in [0.2, 0.25) is 0 Å². The molecule has 0 atom stereocenters. The number of nitrogens with two attached hydrogens (primary N) is 1. The molecule has 0 amide bonds. The largest absolute Gasteiger partial charge is 0.508 e. The summed E-state index contributed by atoms with van der Waals surface area (Å²) in [6.07, 6.45) is -2.94. The van der Waals surface area contributed by atoms with Gasteiger partial charge in [-0.25, -0.2) is 0 Å². The Balaban J connectivity index is 3.72. The number of phenols is 1. The molecule has 0 aliphatic rings. The SMILES string of the molecule is [2H]c1c([2H])c(O)c([2H])c(C([2H])([2H])C([2H])([2H])N)c1[2H]. The first kappa shape index (κ1) is 1.98. The Bertz CT molecular complexity index is 466. The molecule has 0 heterocycles. The third kappa shape index (κ3) is 1.74. The minimum atomic E-state index is -2.94. The summed E-state index contributed by atoms with van der Waals surface area (Å²) in [7, 11) is 0. The average Bonchev–Trinajstić information content (AvgIpc) is 2.22. The Labute approximate surface area is 71.5 Å². The van der Waals surface area contributed by atoms with Crippen LogP contribution in [0.3, 0.4) is 0 Å². The van der Waals surface area contributed by atoms with Crippen LogP contribution in [0.15, 0.2) is 24.2 Å². The first-order chi connectivity index (χ1) is 7.93. The fourth-order valence-corrected chi connectivity index (χ4v) is 0.469. The minimum absolute atomic E-state index is 0.776. The van der Waals surface area contributed by atoms with Gasteiger partial charge in [-0.05, 0) is 30.5 Å². The van der Waals surface area contributed by atoms with Gasteiger partial charge in [-0.3, -0.25) is 0 Å². The molecular formula is C8H11NO. The van der Waals surface area contributed by atoms with Gasteiger partial charge in [-0.2, -0.15) is 0 Å². The van der Waals surface area contributed by atoms with Crippen molar-refractivity contribution in [3.63, 3.8) is 0 Å². The van der Waals surface area contributed by atoms with Crippen molar-refractivity contribution in [2.45, 2.75) is 6.37 Å². The van der Waals surface area contributed by atoms with Gasteiger partial charge < -0.3 is 10.8 Å². The molecule has 2 heteroatoms. The molecule has 1 aromatic carbocycles. The highest BCUT2D eigenvalue weighted by Gasteiger charge is 1.90. The molecule has 0 bridgehead atoms. The third-order valence-electron chi connectivity index (χ3n) is 0.809. The summed E-state index contributed by atoms with van der Waals surface area (Å²) >= 11 is 0. The lowest BCUT2D eigenvalue weighted by Crippen LogP contribution is -2.01. The Kier molecular flexibility index (Phi) is 0.640. The standard InChI is InChI=1S/C8H11NO/c9-5-4-7-2-1-3-8(10)6-7/h1-3,6,10H,4-5,9H2/i1D,2D,3D,4D2,5D2,6D. The van der Waals surface area contributed by atoms with Crippen molar-refractivity contribution in [3.05, 3.63) is 29.7 Å². The maximum Gasteiger partial charge on any atom is 0.115 e. The Morgan fingerprint density at radius 3 is 3.20 bits per heavy atom. The highest BCUT2D eigenvalue weighted by Crippen LogP contribution is 2.10. The summed E-state index contributed by atoms with van der Waals surface area (Å²) in [5.74, 6) is -0.973. The smallest absolute Gasteiger partial charge is 0.115 e. The Morgan fingerprint density at radius 1 is 1.70 bits per heavy atom. The van der Waals surface area contributed by atoms with Crippen molar-refractivity contribution >= 4 is 0 Å². The van der Waals surface area contributed by atoms with Crippen molar-refractivity contribution in [1.29, 1.82) is 0 Å². The van der Waals surface area contributed by atoms with Gasteiger partial charge in [0, 0.05) is 5.48 Å². The molecule has 0 aromatic heterocycles. The van der Waals surface area contributed by atoms with Crippen LogP contribution in [0.2, 0.25) is 0 Å². The lowest BCUT2D eigenvalue weighted by Gasteiger charge is -1.97. The van der Waals surface area contributed by atoms with Crippen molar-refractivity contribution in [2.24, 2.45) is 5.73 Å². The van der Waals surface area contributed by atoms with E-state index in [1.807, 2.05) is 0 Å². The number of phenolic OH excluding ortho intramolecular Hbond substituents is 1. The van der Waals surface area contributed by atoms with Gasteiger partial charge in [0.25, 0.3) is 0 Å². The van der Waals surface area contributed by atoms with Crippen molar-refractivity contribution in [1.82, 2.24) is 0 Å². The predicted octanol–water partition coefficient (Wildman–Crippen LogP) is 0.893. The van der Waals surface area contributed by atoms with E-state index in [-0.39, 0.29) is 0 Å². The van der Waals surface area contributed by atoms with E-state index >= 15 is 0 Å². The highest BCUT2D eigenvalue weighted by molar-refractivity contribution is 5.27. The van der Waals surface area contributed by atoms with Gasteiger partial charge in [0.05, 0.1) is 5.48 Å². The fraction of sp³-hybridized carbons (Fsp3) is 0.250. The molecule has 0 aliphatic heterocycles. The summed E-state index contributed by atoms with van der Waals surface area (Å²) in [6, 6.07) is -3.30. The maximum absolute atomic E-state index is 9.41. The fourth-order valence-electron chi connectivity index (χ4n) is 0.469. The Morgan fingerprint density at radius 2 is 2.50 bits per heavy atom. The second kappa shape index (κ2) is 3.22. The van der Waals surface area contributed by atoms with Crippen LogP contribution >= 0.6 is 0 Å². The van der Waals surface area contributed by atoms with E-state index in [1.54, 1.807) is 0 Å². The highest BCUT2D eigenvalue weighted by atomic mass is 16.3. The van der Waals surface area contributed by atoms with Gasteiger partial charge in [0.15, 0.2) is 0 Å². The van der Waals surface area contributed by atoms with Crippen molar-refractivity contribution < 1.29 is 16.1 Å². The lowest BCUT2D eigenvalue weighted by molar-refractivity contribution is 0.474. The molecule has 10 heavy (non-hydrogen) atoms. The maximum atomic E-state index is 9.41. The summed E-state index contributed by atoms with van der Waals surface area (Å²) in [4.78, 5) is 0. The molecule has 0 radical (unpaired) electrons. The van der Waals surface area contributed by atoms with Gasteiger partial charge in [-0.1, -0.05) is 12.1 Å². The molecule has 1 aromatic rings. The Hall–Kier alpha value is -1.02. The van der Waals surface area contributed by atoms with E-state index in [0.717, 1.165) is 0 Å². The zero-order valence-electron chi connectivity index (χ0n) is 13.0. The number of rotatable bonds is 2.